The minimum atomic E-state index is -0.718. The van der Waals surface area contributed by atoms with Crippen LogP contribution in [0.25, 0.3) is 22.1 Å². The molecular formula is C29H26F3N5O. The highest BCUT2D eigenvalue weighted by Crippen LogP contribution is 2.31. The topological polar surface area (TPSA) is 66.8 Å². The van der Waals surface area contributed by atoms with Crippen LogP contribution in [0.1, 0.15) is 59.2 Å². The van der Waals surface area contributed by atoms with E-state index in [9.17, 15) is 18.0 Å². The Kier molecular flexibility index (Phi) is 5.93. The molecule has 0 spiro atoms. The fraction of sp³-hybridized carbons (Fsp3) is 0.276. The lowest BCUT2D eigenvalue weighted by molar-refractivity contribution is 0.0713. The Morgan fingerprint density at radius 3 is 2.45 bits per heavy atom. The predicted molar refractivity (Wildman–Crippen MR) is 139 cm³/mol. The number of halogens is 3. The molecule has 3 aromatic carbocycles. The van der Waals surface area contributed by atoms with Gasteiger partial charge < -0.3 is 14.5 Å². The highest BCUT2D eigenvalue weighted by Gasteiger charge is 2.26. The summed E-state index contributed by atoms with van der Waals surface area (Å²) in [5, 5.41) is 0. The molecule has 1 aliphatic heterocycles. The van der Waals surface area contributed by atoms with Crippen LogP contribution in [0.3, 0.4) is 0 Å². The molecule has 2 aromatic heterocycles. The lowest BCUT2D eigenvalue weighted by atomic mass is 9.89. The first-order chi connectivity index (χ1) is 18.3. The van der Waals surface area contributed by atoms with E-state index in [0.29, 0.717) is 41.7 Å². The van der Waals surface area contributed by atoms with Gasteiger partial charge in [0.1, 0.15) is 28.8 Å². The molecule has 0 bridgehead atoms. The van der Waals surface area contributed by atoms with Gasteiger partial charge in [0, 0.05) is 31.8 Å². The average Bonchev–Trinajstić information content (AvgIpc) is 3.50. The number of carbonyl (C=O) groups is 1. The number of benzene rings is 3. The van der Waals surface area contributed by atoms with E-state index in [1.165, 1.54) is 18.2 Å². The van der Waals surface area contributed by atoms with Gasteiger partial charge in [-0.15, -0.1) is 0 Å². The summed E-state index contributed by atoms with van der Waals surface area (Å²) in [6.45, 7) is 3.16. The van der Waals surface area contributed by atoms with E-state index in [0.717, 1.165) is 35.5 Å². The molecule has 0 aliphatic carbocycles. The summed E-state index contributed by atoms with van der Waals surface area (Å²) in [5.41, 5.74) is 3.60. The van der Waals surface area contributed by atoms with E-state index >= 15 is 0 Å². The lowest BCUT2D eigenvalue weighted by Crippen LogP contribution is -2.37. The molecule has 3 heterocycles. The van der Waals surface area contributed by atoms with Crippen LogP contribution >= 0.6 is 0 Å². The molecule has 1 atom stereocenters. The van der Waals surface area contributed by atoms with E-state index in [2.05, 4.69) is 9.97 Å². The lowest BCUT2D eigenvalue weighted by Gasteiger charge is -2.32. The van der Waals surface area contributed by atoms with Crippen molar-refractivity contribution in [3.63, 3.8) is 0 Å². The number of likely N-dealkylation sites (tertiary alicyclic amines) is 1. The third kappa shape index (κ3) is 4.21. The summed E-state index contributed by atoms with van der Waals surface area (Å²) in [5.74, 6) is -0.519. The maximum Gasteiger partial charge on any atom is 0.253 e. The Balaban J connectivity index is 1.22. The molecule has 0 radical (unpaired) electrons. The van der Waals surface area contributed by atoms with Crippen LogP contribution in [0.4, 0.5) is 13.2 Å². The van der Waals surface area contributed by atoms with Crippen LogP contribution in [-0.2, 0) is 7.05 Å². The number of hydrogen-bond acceptors (Lipinski definition) is 3. The maximum absolute atomic E-state index is 14.2. The second-order valence-electron chi connectivity index (χ2n) is 9.98. The van der Waals surface area contributed by atoms with Crippen molar-refractivity contribution in [3.8, 4) is 0 Å². The van der Waals surface area contributed by atoms with Crippen molar-refractivity contribution in [3.05, 3.63) is 94.8 Å². The number of aromatic nitrogens is 4. The summed E-state index contributed by atoms with van der Waals surface area (Å²) in [4.78, 5) is 27.3. The van der Waals surface area contributed by atoms with Crippen molar-refractivity contribution in [1.29, 1.82) is 0 Å². The molecular weight excluding hydrogens is 491 g/mol. The molecule has 1 aliphatic rings. The Bertz CT molecular complexity index is 1670. The highest BCUT2D eigenvalue weighted by atomic mass is 19.1. The molecule has 9 heteroatoms. The number of piperidine rings is 1. The van der Waals surface area contributed by atoms with Gasteiger partial charge in [-0.25, -0.2) is 23.1 Å². The van der Waals surface area contributed by atoms with Gasteiger partial charge in [-0.1, -0.05) is 12.1 Å². The summed E-state index contributed by atoms with van der Waals surface area (Å²) >= 11 is 0. The number of aryl methyl sites for hydroxylation is 1. The molecule has 194 valence electrons. The Morgan fingerprint density at radius 2 is 1.71 bits per heavy atom. The van der Waals surface area contributed by atoms with Gasteiger partial charge in [-0.3, -0.25) is 4.79 Å². The average molecular weight is 518 g/mol. The van der Waals surface area contributed by atoms with Crippen LogP contribution in [0.2, 0.25) is 0 Å². The minimum Gasteiger partial charge on any atom is -0.341 e. The number of nitrogens with one attached hydrogen (secondary N) is 1. The van der Waals surface area contributed by atoms with E-state index in [1.807, 2.05) is 47.7 Å². The van der Waals surface area contributed by atoms with Crippen molar-refractivity contribution in [2.75, 3.05) is 13.1 Å². The standard InChI is InChI=1S/C29H26F3N5O/c1-16(27-33-24-15-21(31)14-22(32)26(24)35-27)28-34-23-8-5-19(13-25(23)36(28)2)29(38)37-11-9-18(10-12-37)17-3-6-20(30)7-4-17/h3-8,13-16,18H,9-12H2,1-2H3,(H,33,35). The van der Waals surface area contributed by atoms with E-state index in [4.69, 9.17) is 4.98 Å². The maximum atomic E-state index is 14.2. The van der Waals surface area contributed by atoms with Crippen molar-refractivity contribution in [2.45, 2.75) is 31.6 Å². The summed E-state index contributed by atoms with van der Waals surface area (Å²) in [6, 6.07) is 14.1. The van der Waals surface area contributed by atoms with E-state index < -0.39 is 11.6 Å². The zero-order valence-corrected chi connectivity index (χ0v) is 21.0. The fourth-order valence-corrected chi connectivity index (χ4v) is 5.45. The Labute approximate surface area is 217 Å². The smallest absolute Gasteiger partial charge is 0.253 e. The van der Waals surface area contributed by atoms with Crippen LogP contribution in [0.5, 0.6) is 0 Å². The molecule has 1 unspecified atom stereocenters. The molecule has 6 nitrogen and oxygen atoms in total. The van der Waals surface area contributed by atoms with Crippen molar-refractivity contribution in [1.82, 2.24) is 24.4 Å². The van der Waals surface area contributed by atoms with Gasteiger partial charge in [0.05, 0.1) is 22.5 Å². The monoisotopic (exact) mass is 517 g/mol. The molecule has 0 saturated carbocycles. The fourth-order valence-electron chi connectivity index (χ4n) is 5.45. The van der Waals surface area contributed by atoms with E-state index in [-0.39, 0.29) is 23.2 Å². The molecule has 6 rings (SSSR count). The first-order valence-electron chi connectivity index (χ1n) is 12.6. The minimum absolute atomic E-state index is 0.0324. The van der Waals surface area contributed by atoms with Crippen molar-refractivity contribution < 1.29 is 18.0 Å². The molecule has 1 fully saturated rings. The zero-order valence-electron chi connectivity index (χ0n) is 21.0. The number of amides is 1. The first kappa shape index (κ1) is 24.2. The molecule has 38 heavy (non-hydrogen) atoms. The third-order valence-corrected chi connectivity index (χ3v) is 7.61. The van der Waals surface area contributed by atoms with Crippen molar-refractivity contribution in [2.24, 2.45) is 7.05 Å². The largest absolute Gasteiger partial charge is 0.341 e. The van der Waals surface area contributed by atoms with Crippen LogP contribution in [-0.4, -0.2) is 43.4 Å². The Hall–Kier alpha value is -4.14. The number of carbonyl (C=O) groups excluding carboxylic acids is 1. The quantitative estimate of drug-likeness (QED) is 0.316. The molecule has 1 saturated heterocycles. The zero-order chi connectivity index (χ0) is 26.6. The van der Waals surface area contributed by atoms with Gasteiger partial charge in [0.15, 0.2) is 5.82 Å². The highest BCUT2D eigenvalue weighted by molar-refractivity contribution is 5.97. The van der Waals surface area contributed by atoms with Crippen LogP contribution in [0.15, 0.2) is 54.6 Å². The van der Waals surface area contributed by atoms with Crippen LogP contribution < -0.4 is 0 Å². The summed E-state index contributed by atoms with van der Waals surface area (Å²) < 4.78 is 43.0. The number of nitrogens with zero attached hydrogens (tertiary/aromatic N) is 4. The summed E-state index contributed by atoms with van der Waals surface area (Å²) in [6.07, 6.45) is 1.66. The normalized spacial score (nSPS) is 15.4. The van der Waals surface area contributed by atoms with Crippen LogP contribution in [0, 0.1) is 17.5 Å². The number of hydrogen-bond donors (Lipinski definition) is 1. The molecule has 1 N–H and O–H groups in total. The number of H-pyrrole nitrogens is 1. The third-order valence-electron chi connectivity index (χ3n) is 7.61. The Morgan fingerprint density at radius 1 is 0.974 bits per heavy atom. The summed E-state index contributed by atoms with van der Waals surface area (Å²) in [7, 11) is 1.87. The second kappa shape index (κ2) is 9.31. The number of imidazole rings is 2. The molecule has 5 aromatic rings. The predicted octanol–water partition coefficient (Wildman–Crippen LogP) is 6.04. The van der Waals surface area contributed by atoms with Gasteiger partial charge in [-0.2, -0.15) is 0 Å². The second-order valence-corrected chi connectivity index (χ2v) is 9.98. The van der Waals surface area contributed by atoms with Gasteiger partial charge in [0.2, 0.25) is 0 Å². The van der Waals surface area contributed by atoms with Gasteiger partial charge in [0.25, 0.3) is 5.91 Å². The number of rotatable bonds is 4. The SMILES string of the molecule is CC(c1nc2c(F)cc(F)cc2[nH]1)c1nc2ccc(C(=O)N3CCC(c4ccc(F)cc4)CC3)cc2n1C. The van der Waals surface area contributed by atoms with Gasteiger partial charge >= 0.3 is 0 Å². The number of fused-ring (bicyclic) bond motifs is 2. The van der Waals surface area contributed by atoms with Crippen molar-refractivity contribution >= 4 is 28.0 Å². The number of aromatic amines is 1. The van der Waals surface area contributed by atoms with E-state index in [1.54, 1.807) is 6.07 Å². The first-order valence-corrected chi connectivity index (χ1v) is 12.6. The van der Waals surface area contributed by atoms with Gasteiger partial charge in [-0.05, 0) is 67.6 Å². The molecule has 1 amide bonds.